The van der Waals surface area contributed by atoms with Crippen LogP contribution in [0.4, 0.5) is 11.5 Å². The molecule has 0 atom stereocenters. The Morgan fingerprint density at radius 3 is 2.75 bits per heavy atom. The van der Waals surface area contributed by atoms with Crippen LogP contribution in [-0.4, -0.2) is 23.8 Å². The lowest BCUT2D eigenvalue weighted by Gasteiger charge is -2.17. The van der Waals surface area contributed by atoms with Crippen molar-refractivity contribution in [2.45, 2.75) is 6.42 Å². The highest BCUT2D eigenvalue weighted by atomic mass is 16.2. The normalized spacial score (nSPS) is 13.2. The predicted octanol–water partition coefficient (Wildman–Crippen LogP) is 2.82. The molecule has 2 aromatic carbocycles. The molecule has 2 heterocycles. The summed E-state index contributed by atoms with van der Waals surface area (Å²) < 4.78 is 0. The standard InChI is InChI=1S/C19H15N3O2/c1-20-19(24)14-6-4-7-15-13(14)9-10-17(21-15)22-16-8-3-2-5-12(16)11-18(22)23/h2-10H,11H2,1H3,(H,20,24). The summed E-state index contributed by atoms with van der Waals surface area (Å²) in [6.45, 7) is 0. The van der Waals surface area contributed by atoms with Crippen LogP contribution in [0.15, 0.2) is 54.6 Å². The lowest BCUT2D eigenvalue weighted by atomic mass is 10.1. The molecule has 24 heavy (non-hydrogen) atoms. The molecule has 1 aliphatic heterocycles. The first-order valence-corrected chi connectivity index (χ1v) is 7.72. The van der Waals surface area contributed by atoms with Gasteiger partial charge in [-0.05, 0) is 35.9 Å². The molecule has 1 N–H and O–H groups in total. The van der Waals surface area contributed by atoms with Crippen molar-refractivity contribution >= 4 is 34.2 Å². The molecule has 0 aliphatic carbocycles. The van der Waals surface area contributed by atoms with Gasteiger partial charge in [-0.15, -0.1) is 0 Å². The van der Waals surface area contributed by atoms with Gasteiger partial charge in [-0.25, -0.2) is 4.98 Å². The maximum absolute atomic E-state index is 12.4. The summed E-state index contributed by atoms with van der Waals surface area (Å²) in [5, 5.41) is 3.40. The molecule has 1 aliphatic rings. The summed E-state index contributed by atoms with van der Waals surface area (Å²) >= 11 is 0. The van der Waals surface area contributed by atoms with E-state index in [1.165, 1.54) is 0 Å². The average molecular weight is 317 g/mol. The van der Waals surface area contributed by atoms with Gasteiger partial charge in [-0.2, -0.15) is 0 Å². The summed E-state index contributed by atoms with van der Waals surface area (Å²) in [6.07, 6.45) is 0.383. The smallest absolute Gasteiger partial charge is 0.251 e. The van der Waals surface area contributed by atoms with Gasteiger partial charge in [-0.3, -0.25) is 14.5 Å². The van der Waals surface area contributed by atoms with E-state index in [2.05, 4.69) is 10.3 Å². The molecule has 0 spiro atoms. The van der Waals surface area contributed by atoms with Gasteiger partial charge >= 0.3 is 0 Å². The highest BCUT2D eigenvalue weighted by molar-refractivity contribution is 6.09. The predicted molar refractivity (Wildman–Crippen MR) is 92.4 cm³/mol. The molecule has 0 fully saturated rings. The molecule has 3 aromatic rings. The highest BCUT2D eigenvalue weighted by Gasteiger charge is 2.29. The van der Waals surface area contributed by atoms with Crippen molar-refractivity contribution in [3.63, 3.8) is 0 Å². The minimum Gasteiger partial charge on any atom is -0.355 e. The van der Waals surface area contributed by atoms with Gasteiger partial charge in [0, 0.05) is 18.0 Å². The lowest BCUT2D eigenvalue weighted by Crippen LogP contribution is -2.22. The molecule has 0 radical (unpaired) electrons. The van der Waals surface area contributed by atoms with E-state index < -0.39 is 0 Å². The summed E-state index contributed by atoms with van der Waals surface area (Å²) in [6, 6.07) is 16.8. The Kier molecular flexibility index (Phi) is 3.27. The van der Waals surface area contributed by atoms with E-state index in [1.807, 2.05) is 36.4 Å². The molecule has 0 saturated heterocycles. The molecule has 2 amide bonds. The van der Waals surface area contributed by atoms with Crippen LogP contribution in [0.5, 0.6) is 0 Å². The monoisotopic (exact) mass is 317 g/mol. The third-order valence-electron chi connectivity index (χ3n) is 4.24. The van der Waals surface area contributed by atoms with Crippen LogP contribution in [0, 0.1) is 0 Å². The number of fused-ring (bicyclic) bond motifs is 2. The van der Waals surface area contributed by atoms with Crippen molar-refractivity contribution in [1.82, 2.24) is 10.3 Å². The van der Waals surface area contributed by atoms with Crippen LogP contribution in [0.1, 0.15) is 15.9 Å². The van der Waals surface area contributed by atoms with Crippen LogP contribution >= 0.6 is 0 Å². The van der Waals surface area contributed by atoms with Gasteiger partial charge in [0.25, 0.3) is 5.91 Å². The summed E-state index contributed by atoms with van der Waals surface area (Å²) in [4.78, 5) is 30.6. The number of nitrogens with zero attached hydrogens (tertiary/aromatic N) is 2. The third kappa shape index (κ3) is 2.13. The number of carbonyl (C=O) groups is 2. The summed E-state index contributed by atoms with van der Waals surface area (Å²) in [7, 11) is 1.60. The maximum Gasteiger partial charge on any atom is 0.251 e. The van der Waals surface area contributed by atoms with E-state index in [-0.39, 0.29) is 11.8 Å². The van der Waals surface area contributed by atoms with E-state index >= 15 is 0 Å². The third-order valence-corrected chi connectivity index (χ3v) is 4.24. The minimum absolute atomic E-state index is 0.00510. The first kappa shape index (κ1) is 14.4. The molecular formula is C19H15N3O2. The van der Waals surface area contributed by atoms with Crippen molar-refractivity contribution in [2.24, 2.45) is 0 Å². The number of nitrogens with one attached hydrogen (secondary N) is 1. The quantitative estimate of drug-likeness (QED) is 0.790. The van der Waals surface area contributed by atoms with Crippen molar-refractivity contribution < 1.29 is 9.59 Å². The molecule has 0 unspecified atom stereocenters. The van der Waals surface area contributed by atoms with E-state index in [0.29, 0.717) is 23.3 Å². The molecule has 0 bridgehead atoms. The fourth-order valence-electron chi connectivity index (χ4n) is 3.11. The van der Waals surface area contributed by atoms with Crippen molar-refractivity contribution in [3.05, 3.63) is 65.7 Å². The Morgan fingerprint density at radius 2 is 1.92 bits per heavy atom. The number of carbonyl (C=O) groups excluding carboxylic acids is 2. The minimum atomic E-state index is -0.155. The largest absolute Gasteiger partial charge is 0.355 e. The second-order valence-electron chi connectivity index (χ2n) is 5.66. The zero-order chi connectivity index (χ0) is 16.7. The molecule has 118 valence electrons. The lowest BCUT2D eigenvalue weighted by molar-refractivity contribution is -0.116. The summed E-state index contributed by atoms with van der Waals surface area (Å²) in [5.41, 5.74) is 3.13. The van der Waals surface area contributed by atoms with Crippen LogP contribution in [0.3, 0.4) is 0 Å². The number of hydrogen-bond donors (Lipinski definition) is 1. The van der Waals surface area contributed by atoms with E-state index in [9.17, 15) is 9.59 Å². The molecule has 4 rings (SSSR count). The number of anilines is 2. The Labute approximate surface area is 138 Å². The SMILES string of the molecule is CNC(=O)c1cccc2nc(N3C(=O)Cc4ccccc43)ccc12. The van der Waals surface area contributed by atoms with Gasteiger partial charge in [0.2, 0.25) is 5.91 Å². The highest BCUT2D eigenvalue weighted by Crippen LogP contribution is 2.35. The van der Waals surface area contributed by atoms with E-state index in [0.717, 1.165) is 16.6 Å². The molecule has 5 nitrogen and oxygen atoms in total. The van der Waals surface area contributed by atoms with Gasteiger partial charge in [-0.1, -0.05) is 24.3 Å². The van der Waals surface area contributed by atoms with Gasteiger partial charge < -0.3 is 5.32 Å². The van der Waals surface area contributed by atoms with Crippen LogP contribution in [0.2, 0.25) is 0 Å². The molecular weight excluding hydrogens is 302 g/mol. The van der Waals surface area contributed by atoms with Crippen LogP contribution in [0.25, 0.3) is 10.9 Å². The molecule has 5 heteroatoms. The maximum atomic E-state index is 12.4. The van der Waals surface area contributed by atoms with E-state index in [1.54, 1.807) is 30.1 Å². The number of para-hydroxylation sites is 1. The number of pyridine rings is 1. The van der Waals surface area contributed by atoms with Crippen LogP contribution < -0.4 is 10.2 Å². The van der Waals surface area contributed by atoms with Crippen molar-refractivity contribution in [3.8, 4) is 0 Å². The number of hydrogen-bond acceptors (Lipinski definition) is 3. The number of benzene rings is 2. The van der Waals surface area contributed by atoms with Crippen molar-refractivity contribution in [1.29, 1.82) is 0 Å². The Balaban J connectivity index is 1.85. The Morgan fingerprint density at radius 1 is 1.08 bits per heavy atom. The second-order valence-corrected chi connectivity index (χ2v) is 5.66. The first-order chi connectivity index (χ1) is 11.7. The Hall–Kier alpha value is -3.21. The van der Waals surface area contributed by atoms with Crippen LogP contribution in [-0.2, 0) is 11.2 Å². The number of amides is 2. The Bertz CT molecular complexity index is 981. The van der Waals surface area contributed by atoms with E-state index in [4.69, 9.17) is 0 Å². The van der Waals surface area contributed by atoms with Crippen molar-refractivity contribution in [2.75, 3.05) is 11.9 Å². The summed E-state index contributed by atoms with van der Waals surface area (Å²) in [5.74, 6) is 0.426. The zero-order valence-electron chi connectivity index (χ0n) is 13.1. The van der Waals surface area contributed by atoms with Gasteiger partial charge in [0.1, 0.15) is 5.82 Å². The van der Waals surface area contributed by atoms with Gasteiger partial charge in [0.15, 0.2) is 0 Å². The fourth-order valence-corrected chi connectivity index (χ4v) is 3.11. The zero-order valence-corrected chi connectivity index (χ0v) is 13.1. The fraction of sp³-hybridized carbons (Fsp3) is 0.105. The topological polar surface area (TPSA) is 62.3 Å². The number of rotatable bonds is 2. The first-order valence-electron chi connectivity index (χ1n) is 7.72. The molecule has 1 aromatic heterocycles. The molecule has 0 saturated carbocycles. The average Bonchev–Trinajstić information content (AvgIpc) is 2.95. The van der Waals surface area contributed by atoms with Gasteiger partial charge in [0.05, 0.1) is 17.6 Å². The number of aromatic nitrogens is 1. The second kappa shape index (κ2) is 5.45.